The number of nitrogens with two attached hydrogens (primary N) is 1. The molecule has 0 saturated carbocycles. The monoisotopic (exact) mass is 800 g/mol. The number of hydrogen-bond donors (Lipinski definition) is 3. The number of anilines is 2. The van der Waals surface area contributed by atoms with Gasteiger partial charge in [0.15, 0.2) is 10.8 Å². The molecule has 57 heavy (non-hydrogen) atoms. The summed E-state index contributed by atoms with van der Waals surface area (Å²) in [6.45, 7) is 0.217. The van der Waals surface area contributed by atoms with Crippen molar-refractivity contribution in [1.29, 1.82) is 0 Å². The number of benzene rings is 4. The fourth-order valence-electron chi connectivity index (χ4n) is 7.21. The summed E-state index contributed by atoms with van der Waals surface area (Å²) >= 11 is 2.33. The first-order valence-corrected chi connectivity index (χ1v) is 19.7. The van der Waals surface area contributed by atoms with Crippen LogP contribution >= 0.6 is 23.1 Å². The van der Waals surface area contributed by atoms with Gasteiger partial charge in [0, 0.05) is 39.9 Å². The number of nitrogens with zero attached hydrogens (tertiary/aromatic N) is 4. The van der Waals surface area contributed by atoms with Crippen molar-refractivity contribution >= 4 is 63.3 Å². The average Bonchev–Trinajstić information content (AvgIpc) is 3.83. The van der Waals surface area contributed by atoms with Crippen LogP contribution in [0.4, 0.5) is 15.2 Å². The second kappa shape index (κ2) is 15.5. The van der Waals surface area contributed by atoms with Crippen molar-refractivity contribution in [2.75, 3.05) is 22.9 Å². The first-order chi connectivity index (χ1) is 27.7. The topological polar surface area (TPSA) is 168 Å². The molecule has 0 unspecified atom stereocenters. The normalized spacial score (nSPS) is 19.0. The summed E-state index contributed by atoms with van der Waals surface area (Å²) in [7, 11) is 0. The number of amides is 3. The van der Waals surface area contributed by atoms with Crippen molar-refractivity contribution in [3.63, 3.8) is 0 Å². The van der Waals surface area contributed by atoms with E-state index in [1.807, 2.05) is 91.0 Å². The molecule has 15 heteroatoms. The van der Waals surface area contributed by atoms with E-state index >= 15 is 0 Å². The predicted molar refractivity (Wildman–Crippen MR) is 214 cm³/mol. The van der Waals surface area contributed by atoms with Crippen LogP contribution in [0.3, 0.4) is 0 Å². The molecule has 2 atom stereocenters. The molecule has 3 aliphatic rings. The van der Waals surface area contributed by atoms with Crippen LogP contribution in [0.1, 0.15) is 28.8 Å². The summed E-state index contributed by atoms with van der Waals surface area (Å²) in [5.41, 5.74) is 7.10. The summed E-state index contributed by atoms with van der Waals surface area (Å²) in [6, 6.07) is 33.1. The van der Waals surface area contributed by atoms with Crippen LogP contribution in [0, 0.1) is 5.82 Å². The van der Waals surface area contributed by atoms with Crippen molar-refractivity contribution in [2.45, 2.75) is 23.4 Å². The van der Waals surface area contributed by atoms with E-state index in [9.17, 15) is 28.7 Å². The minimum atomic E-state index is -1.37. The van der Waals surface area contributed by atoms with E-state index in [0.29, 0.717) is 5.57 Å². The molecule has 4 heterocycles. The van der Waals surface area contributed by atoms with E-state index in [1.165, 1.54) is 40.9 Å². The fraction of sp³-hybridized carbons (Fsp3) is 0.143. The second-order valence-electron chi connectivity index (χ2n) is 13.2. The number of aromatic nitrogens is 1. The minimum Gasteiger partial charge on any atom is -0.477 e. The molecule has 0 bridgehead atoms. The number of thiazole rings is 1. The van der Waals surface area contributed by atoms with Crippen molar-refractivity contribution < 1.29 is 33.5 Å². The highest BCUT2D eigenvalue weighted by Crippen LogP contribution is 2.43. The van der Waals surface area contributed by atoms with Crippen LogP contribution in [-0.2, 0) is 29.6 Å². The molecule has 12 nitrogen and oxygen atoms in total. The zero-order valence-electron chi connectivity index (χ0n) is 29.9. The molecule has 0 radical (unpaired) electrons. The number of carboxylic acids is 1. The molecule has 4 N–H and O–H groups in total. The minimum absolute atomic E-state index is 0.115. The number of halogens is 1. The number of carbonyl (C=O) groups is 4. The summed E-state index contributed by atoms with van der Waals surface area (Å²) in [6.07, 6.45) is 1.73. The molecule has 8 rings (SSSR count). The van der Waals surface area contributed by atoms with Crippen molar-refractivity contribution in [1.82, 2.24) is 15.2 Å². The highest BCUT2D eigenvalue weighted by atomic mass is 32.2. The van der Waals surface area contributed by atoms with Gasteiger partial charge in [0.05, 0.1) is 5.69 Å². The maximum atomic E-state index is 14.5. The molecule has 2 saturated heterocycles. The Labute approximate surface area is 334 Å². The van der Waals surface area contributed by atoms with E-state index < -0.39 is 46.5 Å². The number of carboxylic acid groups (broad SMARTS) is 1. The lowest BCUT2D eigenvalue weighted by Crippen LogP contribution is -2.71. The van der Waals surface area contributed by atoms with Crippen LogP contribution < -0.4 is 16.0 Å². The summed E-state index contributed by atoms with van der Waals surface area (Å²) in [4.78, 5) is 67.3. The molecule has 2 fully saturated rings. The number of thioether (sulfide) groups is 1. The zero-order chi connectivity index (χ0) is 39.7. The summed E-state index contributed by atoms with van der Waals surface area (Å²) < 4.78 is 14.5. The average molecular weight is 801 g/mol. The first kappa shape index (κ1) is 37.3. The van der Waals surface area contributed by atoms with Crippen molar-refractivity contribution in [3.05, 3.63) is 172 Å². The van der Waals surface area contributed by atoms with Gasteiger partial charge in [-0.1, -0.05) is 108 Å². The Morgan fingerprint density at radius 3 is 2.09 bits per heavy atom. The number of fused-ring (bicyclic) bond motifs is 1. The SMILES string of the molecule is Nc1nc(C(=NOC(c2ccccc2)(c2ccccc2)c2ccccc2)C(=O)N[C@@H]2C(=O)N3C(C(=O)O)=C(C=C4CCN(c5ccccc5F)C4=O)CS[C@H]23)cs1. The molecule has 4 aromatic carbocycles. The Morgan fingerprint density at radius 1 is 0.930 bits per heavy atom. The quantitative estimate of drug-likeness (QED) is 0.0501. The van der Waals surface area contributed by atoms with Crippen LogP contribution in [-0.4, -0.2) is 68.1 Å². The lowest BCUT2D eigenvalue weighted by molar-refractivity contribution is -0.150. The van der Waals surface area contributed by atoms with E-state index in [4.69, 9.17) is 10.6 Å². The fourth-order valence-corrected chi connectivity index (χ4v) is 9.07. The number of oxime groups is 1. The molecule has 5 aromatic rings. The van der Waals surface area contributed by atoms with Gasteiger partial charge >= 0.3 is 5.97 Å². The van der Waals surface area contributed by atoms with Gasteiger partial charge in [-0.05, 0) is 30.2 Å². The van der Waals surface area contributed by atoms with Gasteiger partial charge in [-0.3, -0.25) is 19.3 Å². The number of nitrogens with one attached hydrogen (secondary N) is 1. The van der Waals surface area contributed by atoms with Gasteiger partial charge in [-0.25, -0.2) is 14.2 Å². The number of carbonyl (C=O) groups excluding carboxylic acids is 3. The van der Waals surface area contributed by atoms with Crippen LogP contribution in [0.2, 0.25) is 0 Å². The third-order valence-corrected chi connectivity index (χ3v) is 11.9. The number of aliphatic carboxylic acids is 1. The molecule has 0 spiro atoms. The predicted octanol–water partition coefficient (Wildman–Crippen LogP) is 5.68. The van der Waals surface area contributed by atoms with Gasteiger partial charge < -0.3 is 25.9 Å². The molecular formula is C42H33FN6O6S2. The van der Waals surface area contributed by atoms with Crippen LogP contribution in [0.15, 0.2) is 149 Å². The number of rotatable bonds is 11. The van der Waals surface area contributed by atoms with Gasteiger partial charge in [0.1, 0.15) is 28.6 Å². The summed E-state index contributed by atoms with van der Waals surface area (Å²) in [5.74, 6) is -3.69. The first-order valence-electron chi connectivity index (χ1n) is 17.8. The number of para-hydroxylation sites is 1. The molecular weight excluding hydrogens is 768 g/mol. The van der Waals surface area contributed by atoms with Gasteiger partial charge in [0.25, 0.3) is 17.7 Å². The Hall–Kier alpha value is -6.58. The molecule has 0 aliphatic carbocycles. The highest BCUT2D eigenvalue weighted by molar-refractivity contribution is 8.00. The third-order valence-electron chi connectivity index (χ3n) is 9.90. The molecule has 286 valence electrons. The zero-order valence-corrected chi connectivity index (χ0v) is 31.6. The van der Waals surface area contributed by atoms with E-state index in [0.717, 1.165) is 32.9 Å². The lowest BCUT2D eigenvalue weighted by Gasteiger charge is -2.49. The molecule has 1 aromatic heterocycles. The van der Waals surface area contributed by atoms with Crippen LogP contribution in [0.25, 0.3) is 0 Å². The highest BCUT2D eigenvalue weighted by Gasteiger charge is 2.54. The number of hydrogen-bond acceptors (Lipinski definition) is 10. The Morgan fingerprint density at radius 2 is 1.53 bits per heavy atom. The lowest BCUT2D eigenvalue weighted by atomic mass is 9.80. The van der Waals surface area contributed by atoms with Gasteiger partial charge in [-0.15, -0.1) is 23.1 Å². The number of nitrogen functional groups attached to an aromatic ring is 1. The number of allylic oxidation sites excluding steroid dienone is 1. The second-order valence-corrected chi connectivity index (χ2v) is 15.2. The Bertz CT molecular complexity index is 2380. The van der Waals surface area contributed by atoms with E-state index in [-0.39, 0.29) is 52.2 Å². The van der Waals surface area contributed by atoms with Crippen LogP contribution in [0.5, 0.6) is 0 Å². The maximum absolute atomic E-state index is 14.5. The number of β-lactam (4-membered cyclic amide) rings is 1. The standard InChI is InChI=1S/C42H33FN6O6S2/c43-30-18-10-11-19-32(30)48-21-20-25(37(48)51)22-26-23-56-39-34(38(52)49(39)35(26)40(53)54)46-36(50)33(31-24-57-41(44)45-31)47-55-42(27-12-4-1-5-13-27,28-14-6-2-7-15-28)29-16-8-3-9-17-29/h1-19,22,24,34,39H,20-21,23H2,(H2,44,45)(H,46,50)(H,53,54)/t34-,39-/m1/s1. The Kier molecular flexibility index (Phi) is 10.2. The summed E-state index contributed by atoms with van der Waals surface area (Å²) in [5, 5.41) is 18.5. The smallest absolute Gasteiger partial charge is 0.352 e. The van der Waals surface area contributed by atoms with Gasteiger partial charge in [-0.2, -0.15) is 0 Å². The van der Waals surface area contributed by atoms with E-state index in [1.54, 1.807) is 11.4 Å². The van der Waals surface area contributed by atoms with Crippen molar-refractivity contribution in [3.8, 4) is 0 Å². The van der Waals surface area contributed by atoms with E-state index in [2.05, 4.69) is 15.5 Å². The third kappa shape index (κ3) is 6.84. The largest absolute Gasteiger partial charge is 0.477 e. The van der Waals surface area contributed by atoms with Crippen molar-refractivity contribution in [2.24, 2.45) is 5.16 Å². The molecule has 3 aliphatic heterocycles. The van der Waals surface area contributed by atoms with Gasteiger partial charge in [0.2, 0.25) is 5.60 Å². The molecule has 3 amide bonds. The Balaban J connectivity index is 1.10. The maximum Gasteiger partial charge on any atom is 0.352 e.